The van der Waals surface area contributed by atoms with Crippen LogP contribution in [-0.2, 0) is 0 Å². The molecule has 0 radical (unpaired) electrons. The maximum Gasteiger partial charge on any atom is 0.0760 e. The van der Waals surface area contributed by atoms with Crippen LogP contribution in [0, 0.1) is 5.92 Å². The largest absolute Gasteiger partial charge is 0.391 e. The van der Waals surface area contributed by atoms with Gasteiger partial charge >= 0.3 is 0 Å². The molecular formula is C17H27ClN2O. The molecule has 0 aromatic heterocycles. The fourth-order valence-electron chi connectivity index (χ4n) is 3.67. The van der Waals surface area contributed by atoms with Crippen molar-refractivity contribution in [2.45, 2.75) is 50.7 Å². The number of nitrogens with zero attached hydrogens (tertiary/aromatic N) is 1. The first kappa shape index (κ1) is 16.6. The lowest BCUT2D eigenvalue weighted by Gasteiger charge is -2.25. The predicted octanol–water partition coefficient (Wildman–Crippen LogP) is 3.26. The molecule has 1 aliphatic heterocycles. The van der Waals surface area contributed by atoms with Crippen molar-refractivity contribution in [1.82, 2.24) is 0 Å². The van der Waals surface area contributed by atoms with Crippen LogP contribution in [0.3, 0.4) is 0 Å². The van der Waals surface area contributed by atoms with E-state index in [1.165, 1.54) is 31.4 Å². The first-order valence-electron chi connectivity index (χ1n) is 8.04. The average molecular weight is 311 g/mol. The smallest absolute Gasteiger partial charge is 0.0760 e. The van der Waals surface area contributed by atoms with Crippen LogP contribution in [0.25, 0.3) is 0 Å². The summed E-state index contributed by atoms with van der Waals surface area (Å²) in [4.78, 5) is 2.42. The molecule has 0 spiro atoms. The summed E-state index contributed by atoms with van der Waals surface area (Å²) in [6, 6.07) is 8.25. The van der Waals surface area contributed by atoms with Gasteiger partial charge in [0.1, 0.15) is 0 Å². The highest BCUT2D eigenvalue weighted by molar-refractivity contribution is 5.85. The highest BCUT2D eigenvalue weighted by Crippen LogP contribution is 2.33. The van der Waals surface area contributed by atoms with Gasteiger partial charge in [-0.3, -0.25) is 0 Å². The van der Waals surface area contributed by atoms with E-state index in [1.54, 1.807) is 0 Å². The Morgan fingerprint density at radius 2 is 1.57 bits per heavy atom. The maximum atomic E-state index is 10.4. The monoisotopic (exact) mass is 310 g/mol. The van der Waals surface area contributed by atoms with Gasteiger partial charge in [0.25, 0.3) is 0 Å². The minimum Gasteiger partial charge on any atom is -0.391 e. The normalized spacial score (nSPS) is 22.1. The third-order valence-electron chi connectivity index (χ3n) is 5.00. The van der Waals surface area contributed by atoms with Crippen LogP contribution in [0.4, 0.5) is 5.69 Å². The lowest BCUT2D eigenvalue weighted by atomic mass is 9.91. The van der Waals surface area contributed by atoms with Crippen LogP contribution in [-0.4, -0.2) is 24.3 Å². The summed E-state index contributed by atoms with van der Waals surface area (Å²) in [7, 11) is 0. The van der Waals surface area contributed by atoms with Crippen molar-refractivity contribution in [2.75, 3.05) is 18.0 Å². The van der Waals surface area contributed by atoms with E-state index in [4.69, 9.17) is 5.73 Å². The summed E-state index contributed by atoms with van der Waals surface area (Å²) in [6.45, 7) is 2.33. The number of benzene rings is 1. The lowest BCUT2D eigenvalue weighted by Crippen LogP contribution is -2.32. The van der Waals surface area contributed by atoms with Gasteiger partial charge in [-0.1, -0.05) is 25.0 Å². The third-order valence-corrected chi connectivity index (χ3v) is 5.00. The number of nitrogens with two attached hydrogens (primary N) is 1. The fraction of sp³-hybridized carbons (Fsp3) is 0.647. The molecule has 0 amide bonds. The van der Waals surface area contributed by atoms with E-state index >= 15 is 0 Å². The van der Waals surface area contributed by atoms with Gasteiger partial charge in [-0.15, -0.1) is 12.4 Å². The van der Waals surface area contributed by atoms with Gasteiger partial charge in [-0.25, -0.2) is 0 Å². The minimum atomic E-state index is -0.393. The second-order valence-electron chi connectivity index (χ2n) is 6.35. The van der Waals surface area contributed by atoms with Crippen LogP contribution >= 0.6 is 12.4 Å². The number of hydrogen-bond acceptors (Lipinski definition) is 3. The van der Waals surface area contributed by atoms with E-state index in [-0.39, 0.29) is 18.4 Å². The van der Waals surface area contributed by atoms with Crippen molar-refractivity contribution >= 4 is 18.1 Å². The van der Waals surface area contributed by atoms with E-state index in [0.29, 0.717) is 5.92 Å². The summed E-state index contributed by atoms with van der Waals surface area (Å²) >= 11 is 0. The third kappa shape index (κ3) is 3.71. The molecule has 1 aliphatic carbocycles. The van der Waals surface area contributed by atoms with Crippen molar-refractivity contribution in [3.63, 3.8) is 0 Å². The Morgan fingerprint density at radius 1 is 1.00 bits per heavy atom. The zero-order chi connectivity index (χ0) is 13.9. The second-order valence-corrected chi connectivity index (χ2v) is 6.35. The molecule has 4 heteroatoms. The molecule has 118 valence electrons. The van der Waals surface area contributed by atoms with E-state index < -0.39 is 6.10 Å². The highest BCUT2D eigenvalue weighted by atomic mass is 35.5. The summed E-state index contributed by atoms with van der Waals surface area (Å²) in [5, 5.41) is 10.4. The Labute approximate surface area is 133 Å². The van der Waals surface area contributed by atoms with Gasteiger partial charge < -0.3 is 15.7 Å². The first-order chi connectivity index (χ1) is 9.75. The van der Waals surface area contributed by atoms with Crippen molar-refractivity contribution < 1.29 is 5.11 Å². The number of halogens is 1. The number of hydrogen-bond donors (Lipinski definition) is 2. The molecule has 1 saturated carbocycles. The van der Waals surface area contributed by atoms with Crippen LogP contribution in [0.5, 0.6) is 0 Å². The molecule has 3 rings (SSSR count). The Hall–Kier alpha value is -0.770. The van der Waals surface area contributed by atoms with Crippen LogP contribution < -0.4 is 10.6 Å². The van der Waals surface area contributed by atoms with Gasteiger partial charge in [0.2, 0.25) is 0 Å². The van der Waals surface area contributed by atoms with Crippen LogP contribution in [0.2, 0.25) is 0 Å². The molecule has 3 N–H and O–H groups in total. The van der Waals surface area contributed by atoms with Gasteiger partial charge in [0.05, 0.1) is 12.1 Å². The molecule has 21 heavy (non-hydrogen) atoms. The summed E-state index contributed by atoms with van der Waals surface area (Å²) < 4.78 is 0. The molecule has 0 unspecified atom stereocenters. The van der Waals surface area contributed by atoms with E-state index in [9.17, 15) is 5.11 Å². The molecule has 1 saturated heterocycles. The number of aliphatic hydroxyl groups is 1. The van der Waals surface area contributed by atoms with Crippen molar-refractivity contribution in [2.24, 2.45) is 11.7 Å². The van der Waals surface area contributed by atoms with Crippen LogP contribution in [0.1, 0.15) is 50.1 Å². The predicted molar refractivity (Wildman–Crippen MR) is 90.0 cm³/mol. The summed E-state index contributed by atoms with van der Waals surface area (Å²) in [5.41, 5.74) is 8.61. The Kier molecular flexibility index (Phi) is 5.91. The molecular weight excluding hydrogens is 284 g/mol. The molecule has 2 fully saturated rings. The van der Waals surface area contributed by atoms with E-state index in [2.05, 4.69) is 29.2 Å². The highest BCUT2D eigenvalue weighted by Gasteiger charge is 2.28. The van der Waals surface area contributed by atoms with Crippen molar-refractivity contribution in [3.8, 4) is 0 Å². The molecule has 1 aromatic rings. The van der Waals surface area contributed by atoms with Crippen LogP contribution in [0.15, 0.2) is 24.3 Å². The second kappa shape index (κ2) is 7.48. The summed E-state index contributed by atoms with van der Waals surface area (Å²) in [5.74, 6) is 0.392. The van der Waals surface area contributed by atoms with Crippen molar-refractivity contribution in [3.05, 3.63) is 29.8 Å². The minimum absolute atomic E-state index is 0. The van der Waals surface area contributed by atoms with Gasteiger partial charge in [0.15, 0.2) is 0 Å². The average Bonchev–Trinajstić information content (AvgIpc) is 3.18. The molecule has 3 nitrogen and oxygen atoms in total. The lowest BCUT2D eigenvalue weighted by molar-refractivity contribution is 0.0845. The van der Waals surface area contributed by atoms with E-state index in [1.807, 2.05) is 0 Å². The molecule has 2 atom stereocenters. The molecule has 2 aliphatic rings. The fourth-order valence-corrected chi connectivity index (χ4v) is 3.67. The number of aliphatic hydroxyl groups excluding tert-OH is 1. The zero-order valence-electron chi connectivity index (χ0n) is 12.6. The van der Waals surface area contributed by atoms with Crippen molar-refractivity contribution in [1.29, 1.82) is 0 Å². The first-order valence-corrected chi connectivity index (χ1v) is 8.04. The van der Waals surface area contributed by atoms with Gasteiger partial charge in [0, 0.05) is 18.8 Å². The summed E-state index contributed by atoms with van der Waals surface area (Å²) in [6.07, 6.45) is 6.92. The molecule has 1 heterocycles. The molecule has 1 aromatic carbocycles. The quantitative estimate of drug-likeness (QED) is 0.897. The van der Waals surface area contributed by atoms with Gasteiger partial charge in [-0.2, -0.15) is 0 Å². The Balaban J connectivity index is 0.00000161. The number of anilines is 1. The topological polar surface area (TPSA) is 49.5 Å². The van der Waals surface area contributed by atoms with Gasteiger partial charge in [-0.05, 0) is 49.3 Å². The number of rotatable bonds is 4. The Morgan fingerprint density at radius 3 is 2.14 bits per heavy atom. The zero-order valence-corrected chi connectivity index (χ0v) is 13.4. The SMILES string of the molecule is Cl.N[C@@H](c1ccc(N2CCCC2)cc1)[C@H](O)C1CCCC1. The maximum absolute atomic E-state index is 10.4. The van der Waals surface area contributed by atoms with E-state index in [0.717, 1.165) is 31.5 Å². The Bertz CT molecular complexity index is 425. The molecule has 0 bridgehead atoms. The standard InChI is InChI=1S/C17H26N2O.ClH/c18-16(17(20)14-5-1-2-6-14)13-7-9-15(10-8-13)19-11-3-4-12-19;/h7-10,14,16-17,20H,1-6,11-12,18H2;1H/t16-,17+;/m0./s1.